The Morgan fingerprint density at radius 1 is 1.23 bits per heavy atom. The van der Waals surface area contributed by atoms with E-state index in [4.69, 9.17) is 4.74 Å². The molecule has 0 unspecified atom stereocenters. The van der Waals surface area contributed by atoms with Gasteiger partial charge in [0.25, 0.3) is 0 Å². The summed E-state index contributed by atoms with van der Waals surface area (Å²) in [5.41, 5.74) is 2.23. The fourth-order valence-corrected chi connectivity index (χ4v) is 2.29. The quantitative estimate of drug-likeness (QED) is 0.829. The molecule has 0 fully saturated rings. The van der Waals surface area contributed by atoms with Gasteiger partial charge in [0.05, 0.1) is 24.1 Å². The molecule has 0 radical (unpaired) electrons. The lowest BCUT2D eigenvalue weighted by atomic mass is 10.2. The zero-order chi connectivity index (χ0) is 16.3. The number of ether oxygens (including phenoxy) is 1. The van der Waals surface area contributed by atoms with Crippen molar-refractivity contribution < 1.29 is 9.53 Å². The van der Waals surface area contributed by atoms with E-state index in [1.54, 1.807) is 29.3 Å². The van der Waals surface area contributed by atoms with Gasteiger partial charge in [0.2, 0.25) is 5.91 Å². The standard InChI is InChI=1S/C16H23N3O3/c1-11(2)10-22-8-7-15(20)17-12-5-6-13-14(9-12)19(4)16(21)18(13)3/h5-6,9,11H,7-8,10H2,1-4H3,(H,17,20). The average molecular weight is 305 g/mol. The topological polar surface area (TPSA) is 65.3 Å². The molecule has 1 amide bonds. The van der Waals surface area contributed by atoms with E-state index in [9.17, 15) is 9.59 Å². The highest BCUT2D eigenvalue weighted by atomic mass is 16.5. The first-order chi connectivity index (χ1) is 10.4. The summed E-state index contributed by atoms with van der Waals surface area (Å²) in [7, 11) is 3.45. The van der Waals surface area contributed by atoms with Gasteiger partial charge in [-0.3, -0.25) is 13.9 Å². The Hall–Kier alpha value is -2.08. The molecule has 0 aliphatic carbocycles. The largest absolute Gasteiger partial charge is 0.381 e. The number of rotatable bonds is 6. The van der Waals surface area contributed by atoms with Crippen molar-refractivity contribution in [3.8, 4) is 0 Å². The SMILES string of the molecule is CC(C)COCCC(=O)Nc1ccc2c(c1)n(C)c(=O)n2C. The summed E-state index contributed by atoms with van der Waals surface area (Å²) >= 11 is 0. The van der Waals surface area contributed by atoms with E-state index in [1.165, 1.54) is 0 Å². The molecule has 1 aromatic carbocycles. The van der Waals surface area contributed by atoms with Crippen molar-refractivity contribution in [2.45, 2.75) is 20.3 Å². The van der Waals surface area contributed by atoms with E-state index < -0.39 is 0 Å². The zero-order valence-corrected chi connectivity index (χ0v) is 13.5. The molecule has 120 valence electrons. The van der Waals surface area contributed by atoms with Crippen LogP contribution < -0.4 is 11.0 Å². The lowest BCUT2D eigenvalue weighted by Crippen LogP contribution is -2.19. The first-order valence-corrected chi connectivity index (χ1v) is 7.43. The van der Waals surface area contributed by atoms with E-state index in [0.717, 1.165) is 11.0 Å². The van der Waals surface area contributed by atoms with Crippen molar-refractivity contribution in [2.75, 3.05) is 18.5 Å². The summed E-state index contributed by atoms with van der Waals surface area (Å²) in [6.45, 7) is 5.21. The number of carbonyl (C=O) groups excluding carboxylic acids is 1. The number of aromatic nitrogens is 2. The summed E-state index contributed by atoms with van der Waals surface area (Å²) in [5, 5.41) is 2.83. The van der Waals surface area contributed by atoms with Crippen LogP contribution in [0.15, 0.2) is 23.0 Å². The second-order valence-corrected chi connectivity index (χ2v) is 5.87. The number of amides is 1. The van der Waals surface area contributed by atoms with Gasteiger partial charge in [-0.05, 0) is 24.1 Å². The number of hydrogen-bond acceptors (Lipinski definition) is 3. The van der Waals surface area contributed by atoms with E-state index in [1.807, 2.05) is 12.1 Å². The second kappa shape index (κ2) is 6.79. The maximum atomic E-state index is 11.9. The molecule has 2 aromatic rings. The number of nitrogens with one attached hydrogen (secondary N) is 1. The number of hydrogen-bond donors (Lipinski definition) is 1. The Labute approximate surface area is 129 Å². The Bertz CT molecular complexity index is 728. The maximum Gasteiger partial charge on any atom is 0.328 e. The Kier molecular flexibility index (Phi) is 5.03. The van der Waals surface area contributed by atoms with Crippen LogP contribution in [0.5, 0.6) is 0 Å². The fraction of sp³-hybridized carbons (Fsp3) is 0.500. The van der Waals surface area contributed by atoms with E-state index in [-0.39, 0.29) is 11.6 Å². The highest BCUT2D eigenvalue weighted by Crippen LogP contribution is 2.17. The van der Waals surface area contributed by atoms with Crippen molar-refractivity contribution >= 4 is 22.6 Å². The van der Waals surface area contributed by atoms with Gasteiger partial charge in [-0.25, -0.2) is 4.79 Å². The van der Waals surface area contributed by atoms with Crippen molar-refractivity contribution in [3.63, 3.8) is 0 Å². The van der Waals surface area contributed by atoms with Crippen molar-refractivity contribution in [1.82, 2.24) is 9.13 Å². The molecule has 0 aliphatic rings. The van der Waals surface area contributed by atoms with Gasteiger partial charge >= 0.3 is 5.69 Å². The molecule has 0 bridgehead atoms. The van der Waals surface area contributed by atoms with Gasteiger partial charge in [-0.1, -0.05) is 13.8 Å². The number of nitrogens with zero attached hydrogens (tertiary/aromatic N) is 2. The van der Waals surface area contributed by atoms with E-state index in [2.05, 4.69) is 19.2 Å². The molecule has 1 heterocycles. The summed E-state index contributed by atoms with van der Waals surface area (Å²) in [5.74, 6) is 0.369. The number of anilines is 1. The molecule has 0 atom stereocenters. The van der Waals surface area contributed by atoms with Crippen molar-refractivity contribution in [3.05, 3.63) is 28.7 Å². The minimum Gasteiger partial charge on any atom is -0.381 e. The monoisotopic (exact) mass is 305 g/mol. The molecule has 0 saturated heterocycles. The van der Waals surface area contributed by atoms with Crippen LogP contribution in [0, 0.1) is 5.92 Å². The zero-order valence-electron chi connectivity index (χ0n) is 13.5. The number of aryl methyl sites for hydroxylation is 2. The normalized spacial score (nSPS) is 11.3. The Balaban J connectivity index is 2.01. The lowest BCUT2D eigenvalue weighted by Gasteiger charge is -2.08. The number of fused-ring (bicyclic) bond motifs is 1. The minimum atomic E-state index is -0.0935. The van der Waals surface area contributed by atoms with Crippen LogP contribution in [0.25, 0.3) is 11.0 Å². The Morgan fingerprint density at radius 3 is 2.59 bits per heavy atom. The Morgan fingerprint density at radius 2 is 1.91 bits per heavy atom. The summed E-state index contributed by atoms with van der Waals surface area (Å²) in [6.07, 6.45) is 0.318. The van der Waals surface area contributed by atoms with E-state index >= 15 is 0 Å². The van der Waals surface area contributed by atoms with Gasteiger partial charge in [-0.15, -0.1) is 0 Å². The molecular formula is C16H23N3O3. The molecule has 0 saturated carbocycles. The third kappa shape index (κ3) is 3.57. The molecule has 1 aromatic heterocycles. The smallest absolute Gasteiger partial charge is 0.328 e. The lowest BCUT2D eigenvalue weighted by molar-refractivity contribution is -0.117. The van der Waals surface area contributed by atoms with Gasteiger partial charge < -0.3 is 10.1 Å². The number of imidazole rings is 1. The summed E-state index contributed by atoms with van der Waals surface area (Å²) < 4.78 is 8.55. The van der Waals surface area contributed by atoms with Crippen molar-refractivity contribution in [1.29, 1.82) is 0 Å². The van der Waals surface area contributed by atoms with Crippen LogP contribution in [0.2, 0.25) is 0 Å². The second-order valence-electron chi connectivity index (χ2n) is 5.87. The van der Waals surface area contributed by atoms with Crippen LogP contribution in [0.3, 0.4) is 0 Å². The minimum absolute atomic E-state index is 0.0828. The average Bonchev–Trinajstić information content (AvgIpc) is 2.68. The van der Waals surface area contributed by atoms with Crippen LogP contribution in [-0.4, -0.2) is 28.3 Å². The van der Waals surface area contributed by atoms with Crippen molar-refractivity contribution in [2.24, 2.45) is 20.0 Å². The molecule has 6 nitrogen and oxygen atoms in total. The molecule has 2 rings (SSSR count). The highest BCUT2D eigenvalue weighted by Gasteiger charge is 2.09. The first-order valence-electron chi connectivity index (χ1n) is 7.43. The molecule has 0 aliphatic heterocycles. The fourth-order valence-electron chi connectivity index (χ4n) is 2.29. The molecule has 0 spiro atoms. The molecule has 22 heavy (non-hydrogen) atoms. The molecule has 6 heteroatoms. The van der Waals surface area contributed by atoms with Crippen LogP contribution in [0.1, 0.15) is 20.3 Å². The van der Waals surface area contributed by atoms with Gasteiger partial charge in [-0.2, -0.15) is 0 Å². The van der Waals surface area contributed by atoms with Gasteiger partial charge in [0.1, 0.15) is 0 Å². The highest BCUT2D eigenvalue weighted by molar-refractivity contribution is 5.93. The predicted molar refractivity (Wildman–Crippen MR) is 87.1 cm³/mol. The number of carbonyl (C=O) groups is 1. The van der Waals surface area contributed by atoms with Gasteiger partial charge in [0.15, 0.2) is 0 Å². The maximum absolute atomic E-state index is 11.9. The van der Waals surface area contributed by atoms with Crippen LogP contribution in [0.4, 0.5) is 5.69 Å². The van der Waals surface area contributed by atoms with Gasteiger partial charge in [0, 0.05) is 26.4 Å². The van der Waals surface area contributed by atoms with E-state index in [0.29, 0.717) is 31.2 Å². The van der Waals surface area contributed by atoms with Crippen LogP contribution in [-0.2, 0) is 23.6 Å². The third-order valence-electron chi connectivity index (χ3n) is 3.48. The molecular weight excluding hydrogens is 282 g/mol. The summed E-state index contributed by atoms with van der Waals surface area (Å²) in [6, 6.07) is 5.44. The molecule has 1 N–H and O–H groups in total. The first kappa shape index (κ1) is 16.3. The summed E-state index contributed by atoms with van der Waals surface area (Å²) in [4.78, 5) is 23.8. The number of benzene rings is 1. The van der Waals surface area contributed by atoms with Crippen LogP contribution >= 0.6 is 0 Å². The third-order valence-corrected chi connectivity index (χ3v) is 3.48. The predicted octanol–water partition coefficient (Wildman–Crippen LogP) is 1.88.